The number of hydrogen-bond donors (Lipinski definition) is 1. The fourth-order valence-corrected chi connectivity index (χ4v) is 24.6. The number of ether oxygens (including phenoxy) is 6. The lowest BCUT2D eigenvalue weighted by Gasteiger charge is -2.47. The van der Waals surface area contributed by atoms with Crippen LogP contribution in [0.1, 0.15) is 138 Å². The average molecular weight is 1580 g/mol. The summed E-state index contributed by atoms with van der Waals surface area (Å²) in [5.74, 6) is 5.11. The van der Waals surface area contributed by atoms with E-state index >= 15 is 8.78 Å². The van der Waals surface area contributed by atoms with E-state index in [1.807, 2.05) is 67.0 Å². The average Bonchev–Trinajstić information content (AvgIpc) is 1.72. The summed E-state index contributed by atoms with van der Waals surface area (Å²) in [7, 11) is -0.536. The zero-order chi connectivity index (χ0) is 81.6. The van der Waals surface area contributed by atoms with Crippen LogP contribution in [0.3, 0.4) is 0 Å². The molecule has 8 aliphatic heterocycles. The maximum Gasteiger partial charge on any atom is 0.410 e. The van der Waals surface area contributed by atoms with Gasteiger partial charge in [0.15, 0.2) is 18.4 Å². The molecule has 4 atom stereocenters. The number of methoxy groups -OCH3 is 1. The molecule has 602 valence electrons. The Kier molecular flexibility index (Phi) is 23.2. The van der Waals surface area contributed by atoms with Gasteiger partial charge in [-0.25, -0.2) is 23.2 Å². The van der Waals surface area contributed by atoms with Crippen LogP contribution in [0.25, 0.3) is 65.9 Å². The zero-order valence-electron chi connectivity index (χ0n) is 67.4. The predicted octanol–water partition coefficient (Wildman–Crippen LogP) is 14.8. The second-order valence-corrected chi connectivity index (χ2v) is 38.8. The maximum atomic E-state index is 17.8. The molecular formula is C89H102F2N12O11Si. The van der Waals surface area contributed by atoms with Gasteiger partial charge in [0, 0.05) is 90.9 Å². The SMILES string of the molecule is C#Cc1cccc2cc(O)cc(-c3ncc4c(N5C[C@@H]6[C@H]5CCN6C(=O)C=C)nc(OCC56CCCN5CCC6)nc4c3F)c12.C=CC(=O)OC(=O)C=C.COCOc1cc(-c2ncc3c(N4C[C@@H]5[C@H]4CCN5C(=O)OC(C)(C)C)nc(OCC45CCCN4CCC5)nc3c2F)c2c(C#C[Si](C(C)C)(C(C)C)C(C)C)cccc2c1. The first-order chi connectivity index (χ1) is 55.2. The number of fused-ring (bicyclic) bond motifs is 8. The maximum absolute atomic E-state index is 17.8. The Labute approximate surface area is 671 Å². The van der Waals surface area contributed by atoms with E-state index in [2.05, 4.69) is 113 Å². The van der Waals surface area contributed by atoms with E-state index < -0.39 is 37.2 Å². The highest BCUT2D eigenvalue weighted by molar-refractivity contribution is 6.90. The molecule has 0 spiro atoms. The molecule has 4 aromatic carbocycles. The van der Waals surface area contributed by atoms with Crippen LogP contribution in [0.15, 0.2) is 111 Å². The van der Waals surface area contributed by atoms with Crippen LogP contribution in [-0.2, 0) is 28.6 Å². The highest BCUT2D eigenvalue weighted by Gasteiger charge is 2.53. The van der Waals surface area contributed by atoms with Crippen molar-refractivity contribution >= 4 is 87.0 Å². The number of aromatic nitrogens is 6. The fourth-order valence-electron chi connectivity index (χ4n) is 19.4. The molecule has 1 N–H and O–H groups in total. The van der Waals surface area contributed by atoms with Crippen molar-refractivity contribution in [1.29, 1.82) is 0 Å². The van der Waals surface area contributed by atoms with Crippen molar-refractivity contribution in [3.8, 4) is 69.8 Å². The summed E-state index contributed by atoms with van der Waals surface area (Å²) in [6, 6.07) is 18.6. The van der Waals surface area contributed by atoms with E-state index in [9.17, 15) is 24.3 Å². The number of likely N-dealkylation sites (tertiary alicyclic amines) is 2. The Hall–Kier alpha value is -10.6. The highest BCUT2D eigenvalue weighted by atomic mass is 28.3. The lowest BCUT2D eigenvalue weighted by molar-refractivity contribution is -0.152. The number of phenolic OH excluding ortho intramolecular Hbond substituents is 1. The summed E-state index contributed by atoms with van der Waals surface area (Å²) < 4.78 is 68.6. The number of aromatic hydroxyl groups is 1. The first-order valence-corrected chi connectivity index (χ1v) is 42.3. The molecule has 8 aliphatic rings. The minimum Gasteiger partial charge on any atom is -0.508 e. The monoisotopic (exact) mass is 1580 g/mol. The van der Waals surface area contributed by atoms with Gasteiger partial charge in [0.1, 0.15) is 72.4 Å². The Balaban J connectivity index is 0.000000177. The van der Waals surface area contributed by atoms with Crippen LogP contribution in [0, 0.1) is 35.4 Å². The number of rotatable bonds is 19. The quantitative estimate of drug-likeness (QED) is 0.0198. The molecule has 8 fully saturated rings. The first kappa shape index (κ1) is 80.9. The van der Waals surface area contributed by atoms with Gasteiger partial charge in [-0.15, -0.1) is 12.0 Å². The molecule has 4 aromatic heterocycles. The molecule has 23 nitrogen and oxygen atoms in total. The molecule has 0 aliphatic carbocycles. The van der Waals surface area contributed by atoms with Crippen LogP contribution in [0.2, 0.25) is 16.6 Å². The van der Waals surface area contributed by atoms with Crippen LogP contribution >= 0.6 is 0 Å². The van der Waals surface area contributed by atoms with Gasteiger partial charge in [0.2, 0.25) is 5.91 Å². The lowest BCUT2D eigenvalue weighted by atomic mass is 9.95. The lowest BCUT2D eigenvalue weighted by Crippen LogP contribution is -2.63. The molecular weight excluding hydrogens is 1480 g/mol. The summed E-state index contributed by atoms with van der Waals surface area (Å²) in [5.41, 5.74) is 7.26. The van der Waals surface area contributed by atoms with E-state index in [1.165, 1.54) is 12.1 Å². The van der Waals surface area contributed by atoms with E-state index in [0.29, 0.717) is 112 Å². The van der Waals surface area contributed by atoms with Crippen molar-refractivity contribution in [3.63, 3.8) is 0 Å². The van der Waals surface area contributed by atoms with Gasteiger partial charge in [-0.05, 0) is 181 Å². The van der Waals surface area contributed by atoms with Crippen molar-refractivity contribution < 1.29 is 61.5 Å². The number of halogens is 2. The number of carbonyl (C=O) groups is 4. The van der Waals surface area contributed by atoms with Crippen molar-refractivity contribution in [2.75, 3.05) is 89.3 Å². The number of nitrogens with zero attached hydrogens (tertiary/aromatic N) is 12. The van der Waals surface area contributed by atoms with Crippen molar-refractivity contribution in [1.82, 2.24) is 49.5 Å². The Morgan fingerprint density at radius 3 is 1.59 bits per heavy atom. The van der Waals surface area contributed by atoms with Gasteiger partial charge in [-0.2, -0.15) is 19.9 Å². The summed E-state index contributed by atoms with van der Waals surface area (Å²) in [4.78, 5) is 87.8. The third kappa shape index (κ3) is 15.4. The molecule has 0 unspecified atom stereocenters. The van der Waals surface area contributed by atoms with E-state index in [4.69, 9.17) is 50.0 Å². The fraction of sp³-hybridized carbons (Fsp3) is 0.461. The second-order valence-electron chi connectivity index (χ2n) is 33.3. The van der Waals surface area contributed by atoms with Crippen LogP contribution in [-0.4, -0.2) is 207 Å². The Morgan fingerprint density at radius 2 is 1.11 bits per heavy atom. The van der Waals surface area contributed by atoms with Crippen molar-refractivity contribution in [2.45, 2.75) is 184 Å². The molecule has 0 saturated carbocycles. The van der Waals surface area contributed by atoms with E-state index in [-0.39, 0.29) is 94.2 Å². The number of phenols is 1. The molecule has 26 heteroatoms. The number of hydrogen-bond acceptors (Lipinski definition) is 21. The topological polar surface area (TPSA) is 241 Å². The highest BCUT2D eigenvalue weighted by Crippen LogP contribution is 2.48. The van der Waals surface area contributed by atoms with Gasteiger partial charge in [0.05, 0.1) is 46.0 Å². The van der Waals surface area contributed by atoms with Gasteiger partial charge >= 0.3 is 30.1 Å². The van der Waals surface area contributed by atoms with Gasteiger partial charge < -0.3 is 53.1 Å². The summed E-state index contributed by atoms with van der Waals surface area (Å²) in [6.07, 6.45) is 22.2. The van der Waals surface area contributed by atoms with Crippen LogP contribution < -0.4 is 24.0 Å². The smallest absolute Gasteiger partial charge is 0.410 e. The number of benzene rings is 4. The molecule has 2 amide bonds. The third-order valence-electron chi connectivity index (χ3n) is 24.8. The zero-order valence-corrected chi connectivity index (χ0v) is 68.4. The normalized spacial score (nSPS) is 19.8. The van der Waals surface area contributed by atoms with Crippen molar-refractivity contribution in [3.05, 3.63) is 134 Å². The van der Waals surface area contributed by atoms with Crippen molar-refractivity contribution in [2.24, 2.45) is 0 Å². The van der Waals surface area contributed by atoms with Gasteiger partial charge in [0.25, 0.3) is 0 Å². The molecule has 8 saturated heterocycles. The van der Waals surface area contributed by atoms with Gasteiger partial charge in [-0.3, -0.25) is 24.6 Å². The molecule has 0 bridgehead atoms. The predicted molar refractivity (Wildman–Crippen MR) is 442 cm³/mol. The molecule has 115 heavy (non-hydrogen) atoms. The second kappa shape index (κ2) is 32.9. The summed E-state index contributed by atoms with van der Waals surface area (Å²) >= 11 is 0. The Bertz CT molecular complexity index is 5230. The minimum absolute atomic E-state index is 0.0159. The van der Waals surface area contributed by atoms with Crippen LogP contribution in [0.5, 0.6) is 23.5 Å². The summed E-state index contributed by atoms with van der Waals surface area (Å²) in [6.45, 7) is 36.7. The van der Waals surface area contributed by atoms with E-state index in [1.54, 1.807) is 37.7 Å². The molecule has 16 rings (SSSR count). The standard InChI is InChI=1S/C48H63FN6O5Si.C35H33FN6O3.C6H6O3/c1-30(2)61(31(3)4,32(5)6)23-17-33-14-11-15-34-24-35(59-29-57-10)25-36(40(33)34)42-41(49)43-37(26-50-42)44(52-45(51-43)58-28-48-18-12-20-53(48)21-13-19-48)55-27-39-38(55)16-22-54(39)46(56)60-47(7,8)9;1-3-21-8-5-9-22-16-23(43)17-24(29(21)22)31-30(36)32-25(18-37-31)33(42-19-27-26(42)10-15-41(27)28(44)4-2)39-34(38-32)45-20-35-11-6-13-40(35)14-7-12-35;1-3-5(7)9-6(8)4-2/h11,14-15,24-26,30-32,38-39H,12-13,16,18-22,27-29H2,1-10H3;1,4-5,8-9,16-18,26-27,43H,2,6-7,10-15,19-20H2;3-4H,1-2H2/t38-,39-;26-,27-;/m11./s1. The number of pyridine rings is 2. The molecule has 0 radical (unpaired) electrons. The van der Waals surface area contributed by atoms with Crippen LogP contribution in [0.4, 0.5) is 25.2 Å². The number of amides is 2. The summed E-state index contributed by atoms with van der Waals surface area (Å²) in [5, 5.41) is 14.5. The van der Waals surface area contributed by atoms with E-state index in [0.717, 1.165) is 119 Å². The number of esters is 2. The minimum atomic E-state index is -2.11. The van der Waals surface area contributed by atoms with Gasteiger partial charge in [-0.1, -0.05) is 97.4 Å². The number of terminal acetylenes is 1. The molecule has 8 aromatic rings. The Morgan fingerprint density at radius 1 is 0.635 bits per heavy atom. The molecule has 12 heterocycles. The third-order valence-corrected chi connectivity index (χ3v) is 31.1. The number of carbonyl (C=O) groups excluding carboxylic acids is 4. The first-order valence-electron chi connectivity index (χ1n) is 40.1. The largest absolute Gasteiger partial charge is 0.508 e. The number of anilines is 2.